The van der Waals surface area contributed by atoms with Gasteiger partial charge in [0.05, 0.1) is 5.55 Å². The Kier molecular flexibility index (Phi) is 4.89. The van der Waals surface area contributed by atoms with Crippen LogP contribution in [0, 0.1) is 0 Å². The Hall–Kier alpha value is -0.510. The summed E-state index contributed by atoms with van der Waals surface area (Å²) in [6, 6.07) is 0. The topological polar surface area (TPSA) is 93.4 Å². The smallest absolute Gasteiger partial charge is 0.203 e. The second-order valence-electron chi connectivity index (χ2n) is 3.35. The molecule has 17 heavy (non-hydrogen) atoms. The van der Waals surface area contributed by atoms with Crippen LogP contribution in [0.5, 0.6) is 0 Å². The average molecular weight is 290 g/mol. The lowest BCUT2D eigenvalue weighted by Gasteiger charge is -2.18. The van der Waals surface area contributed by atoms with E-state index in [4.69, 9.17) is 11.5 Å². The second kappa shape index (κ2) is 6.43. The van der Waals surface area contributed by atoms with Gasteiger partial charge in [0, 0.05) is 12.3 Å². The maximum Gasteiger partial charge on any atom is 0.203 e. The van der Waals surface area contributed by atoms with Gasteiger partial charge in [0.1, 0.15) is 10.5 Å². The van der Waals surface area contributed by atoms with Gasteiger partial charge in [-0.25, -0.2) is 0 Å². The first-order chi connectivity index (χ1) is 8.25. The van der Waals surface area contributed by atoms with E-state index in [1.807, 2.05) is 16.8 Å². The summed E-state index contributed by atoms with van der Waals surface area (Å²) in [5.41, 5.74) is 13.1. The zero-order chi connectivity index (χ0) is 12.1. The number of nitrogens with two attached hydrogens (primary N) is 2. The summed E-state index contributed by atoms with van der Waals surface area (Å²) >= 11 is 4.82. The fraction of sp³-hybridized carbons (Fsp3) is 0.625. The molecule has 2 rings (SSSR count). The highest BCUT2D eigenvalue weighted by Crippen LogP contribution is 2.20. The van der Waals surface area contributed by atoms with Crippen LogP contribution >= 0.6 is 34.9 Å². The van der Waals surface area contributed by atoms with Crippen LogP contribution in [0.3, 0.4) is 0 Å². The van der Waals surface area contributed by atoms with Gasteiger partial charge < -0.3 is 11.5 Å². The van der Waals surface area contributed by atoms with Crippen LogP contribution in [0.2, 0.25) is 0 Å². The first-order valence-corrected chi connectivity index (χ1v) is 8.03. The second-order valence-corrected chi connectivity index (χ2v) is 6.52. The molecule has 4 N–H and O–H groups in total. The molecule has 2 heterocycles. The van der Waals surface area contributed by atoms with Crippen LogP contribution in [0.15, 0.2) is 5.10 Å². The van der Waals surface area contributed by atoms with E-state index in [1.165, 1.54) is 11.3 Å². The molecule has 6 nitrogen and oxygen atoms in total. The largest absolute Gasteiger partial charge is 0.374 e. The number of hydrazone groups is 1. The monoisotopic (exact) mass is 290 g/mol. The molecule has 1 aliphatic rings. The normalized spacial score (nSPS) is 19.1. The molecule has 0 bridgehead atoms. The molecule has 94 valence electrons. The molecule has 0 saturated carbocycles. The zero-order valence-corrected chi connectivity index (χ0v) is 11.6. The summed E-state index contributed by atoms with van der Waals surface area (Å²) in [6.45, 7) is 0.899. The van der Waals surface area contributed by atoms with Crippen molar-refractivity contribution in [1.82, 2.24) is 15.2 Å². The molecule has 1 aliphatic heterocycles. The van der Waals surface area contributed by atoms with E-state index in [1.54, 1.807) is 17.3 Å². The van der Waals surface area contributed by atoms with Gasteiger partial charge >= 0.3 is 0 Å². The molecule has 1 aromatic heterocycles. The molecule has 0 spiro atoms. The van der Waals surface area contributed by atoms with E-state index in [0.717, 1.165) is 29.5 Å². The van der Waals surface area contributed by atoms with Crippen molar-refractivity contribution in [3.8, 4) is 0 Å². The predicted molar refractivity (Wildman–Crippen MR) is 75.9 cm³/mol. The molecule has 0 aliphatic carbocycles. The number of anilines is 1. The summed E-state index contributed by atoms with van der Waals surface area (Å²) in [5.74, 6) is 1.93. The molecule has 0 fully saturated rings. The molecule has 0 saturated heterocycles. The van der Waals surface area contributed by atoms with Crippen molar-refractivity contribution >= 4 is 45.5 Å². The van der Waals surface area contributed by atoms with Gasteiger partial charge in [-0.05, 0) is 12.2 Å². The van der Waals surface area contributed by atoms with E-state index in [-0.39, 0.29) is 5.50 Å². The van der Waals surface area contributed by atoms with E-state index in [9.17, 15) is 0 Å². The fourth-order valence-corrected chi connectivity index (χ4v) is 3.48. The average Bonchev–Trinajstić information content (AvgIpc) is 2.88. The van der Waals surface area contributed by atoms with Crippen molar-refractivity contribution < 1.29 is 0 Å². The van der Waals surface area contributed by atoms with Crippen LogP contribution in [-0.4, -0.2) is 38.5 Å². The Labute approximate surface area is 112 Å². The fourth-order valence-electron chi connectivity index (χ4n) is 1.28. The third-order valence-corrected chi connectivity index (χ3v) is 4.80. The highest BCUT2D eigenvalue weighted by molar-refractivity contribution is 8.12. The quantitative estimate of drug-likeness (QED) is 0.754. The Balaban J connectivity index is 1.56. The van der Waals surface area contributed by atoms with Crippen molar-refractivity contribution in [2.45, 2.75) is 17.7 Å². The number of nitrogen functional groups attached to an aromatic ring is 1. The van der Waals surface area contributed by atoms with Crippen LogP contribution < -0.4 is 11.5 Å². The summed E-state index contributed by atoms with van der Waals surface area (Å²) in [6.07, 6.45) is 1.06. The summed E-state index contributed by atoms with van der Waals surface area (Å²) in [4.78, 5) is 0. The maximum atomic E-state index is 5.81. The van der Waals surface area contributed by atoms with E-state index >= 15 is 0 Å². The number of hydrogen-bond acceptors (Lipinski definition) is 9. The lowest BCUT2D eigenvalue weighted by atomic mass is 10.5. The Morgan fingerprint density at radius 3 is 3.00 bits per heavy atom. The third-order valence-electron chi connectivity index (χ3n) is 2.07. The molecular formula is C8H14N6S3. The van der Waals surface area contributed by atoms with Gasteiger partial charge in [-0.1, -0.05) is 23.1 Å². The van der Waals surface area contributed by atoms with Crippen molar-refractivity contribution in [3.63, 3.8) is 0 Å². The number of nitrogens with zero attached hydrogens (tertiary/aromatic N) is 4. The molecule has 1 unspecified atom stereocenters. The minimum Gasteiger partial charge on any atom is -0.374 e. The molecular weight excluding hydrogens is 276 g/mol. The minimum absolute atomic E-state index is 0.0111. The number of rotatable bonds is 6. The third kappa shape index (κ3) is 4.02. The van der Waals surface area contributed by atoms with Gasteiger partial charge in [-0.3, -0.25) is 5.01 Å². The van der Waals surface area contributed by atoms with Crippen molar-refractivity contribution in [3.05, 3.63) is 5.01 Å². The number of thioether (sulfide) groups is 2. The Morgan fingerprint density at radius 1 is 1.47 bits per heavy atom. The Morgan fingerprint density at radius 2 is 2.35 bits per heavy atom. The highest BCUT2D eigenvalue weighted by Gasteiger charge is 2.15. The summed E-state index contributed by atoms with van der Waals surface area (Å²) in [5, 5.41) is 15.4. The first-order valence-electron chi connectivity index (χ1n) is 5.11. The summed E-state index contributed by atoms with van der Waals surface area (Å²) < 4.78 is 0. The van der Waals surface area contributed by atoms with Gasteiger partial charge in [-0.2, -0.15) is 16.9 Å². The molecule has 1 aromatic rings. The zero-order valence-electron chi connectivity index (χ0n) is 9.15. The molecule has 1 atom stereocenters. The van der Waals surface area contributed by atoms with Crippen molar-refractivity contribution in [2.75, 3.05) is 18.0 Å². The van der Waals surface area contributed by atoms with E-state index in [2.05, 4.69) is 15.3 Å². The molecule has 0 radical (unpaired) electrons. The SMILES string of the molecule is Nc1nnc(CSCCCN2N=CSC2N)s1. The maximum absolute atomic E-state index is 5.81. The summed E-state index contributed by atoms with van der Waals surface area (Å²) in [7, 11) is 0. The lowest BCUT2D eigenvalue weighted by molar-refractivity contribution is 0.283. The lowest BCUT2D eigenvalue weighted by Crippen LogP contribution is -2.33. The predicted octanol–water partition coefficient (Wildman–Crippen LogP) is 0.978. The molecule has 0 amide bonds. The molecule has 9 heteroatoms. The van der Waals surface area contributed by atoms with Crippen LogP contribution in [0.1, 0.15) is 11.4 Å². The van der Waals surface area contributed by atoms with Crippen molar-refractivity contribution in [2.24, 2.45) is 10.8 Å². The van der Waals surface area contributed by atoms with Crippen LogP contribution in [-0.2, 0) is 5.75 Å². The number of aromatic nitrogens is 2. The Bertz CT molecular complexity index is 381. The van der Waals surface area contributed by atoms with Crippen LogP contribution in [0.4, 0.5) is 5.13 Å². The minimum atomic E-state index is -0.0111. The van der Waals surface area contributed by atoms with Crippen molar-refractivity contribution in [1.29, 1.82) is 0 Å². The highest BCUT2D eigenvalue weighted by atomic mass is 32.2. The van der Waals surface area contributed by atoms with Gasteiger partial charge in [0.25, 0.3) is 0 Å². The van der Waals surface area contributed by atoms with E-state index in [0.29, 0.717) is 5.13 Å². The first kappa shape index (κ1) is 12.9. The van der Waals surface area contributed by atoms with Gasteiger partial charge in [-0.15, -0.1) is 10.2 Å². The van der Waals surface area contributed by atoms with Gasteiger partial charge in [0.15, 0.2) is 0 Å². The van der Waals surface area contributed by atoms with E-state index < -0.39 is 0 Å². The standard InChI is InChI=1S/C8H14N6S3/c9-7-13-12-6(17-7)4-15-3-1-2-14-8(10)16-5-11-14/h5,8H,1-4,10H2,(H2,9,13). The van der Waals surface area contributed by atoms with Gasteiger partial charge in [0.2, 0.25) is 5.13 Å². The molecule has 0 aromatic carbocycles. The number of hydrogen-bond donors (Lipinski definition) is 2. The van der Waals surface area contributed by atoms with Crippen LogP contribution in [0.25, 0.3) is 0 Å².